The highest BCUT2D eigenvalue weighted by Gasteiger charge is 2.33. The van der Waals surface area contributed by atoms with Crippen LogP contribution in [0.5, 0.6) is 0 Å². The maximum absolute atomic E-state index is 12.1. The number of hydrogen-bond acceptors (Lipinski definition) is 4. The Labute approximate surface area is 99.0 Å². The fourth-order valence-electron chi connectivity index (χ4n) is 2.33. The second-order valence-corrected chi connectivity index (χ2v) is 4.80. The number of rotatable bonds is 3. The van der Waals surface area contributed by atoms with Gasteiger partial charge in [0.25, 0.3) is 5.91 Å². The fraction of sp³-hybridized carbons (Fsp3) is 0.727. The van der Waals surface area contributed by atoms with Crippen LogP contribution in [-0.2, 0) is 0 Å². The van der Waals surface area contributed by atoms with Gasteiger partial charge in [-0.3, -0.25) is 9.89 Å². The zero-order chi connectivity index (χ0) is 11.8. The van der Waals surface area contributed by atoms with Crippen LogP contribution in [-0.4, -0.2) is 50.3 Å². The van der Waals surface area contributed by atoms with Gasteiger partial charge in [0.2, 0.25) is 5.82 Å². The lowest BCUT2D eigenvalue weighted by Gasteiger charge is -2.21. The van der Waals surface area contributed by atoms with Crippen LogP contribution in [0.25, 0.3) is 0 Å². The van der Waals surface area contributed by atoms with E-state index in [0.29, 0.717) is 12.5 Å². The van der Waals surface area contributed by atoms with Crippen molar-refractivity contribution in [2.45, 2.75) is 37.6 Å². The van der Waals surface area contributed by atoms with Crippen molar-refractivity contribution in [3.05, 3.63) is 11.6 Å². The third-order valence-electron chi connectivity index (χ3n) is 3.51. The number of nitrogens with zero attached hydrogens (tertiary/aromatic N) is 3. The molecule has 6 heteroatoms. The van der Waals surface area contributed by atoms with Gasteiger partial charge in [-0.05, 0) is 25.7 Å². The van der Waals surface area contributed by atoms with Gasteiger partial charge in [0.05, 0.1) is 12.6 Å². The fourth-order valence-corrected chi connectivity index (χ4v) is 2.33. The predicted octanol–water partition coefficient (Wildman–Crippen LogP) is 0.279. The molecule has 1 atom stereocenters. The number of carbonyl (C=O) groups excluding carboxylic acids is 1. The SMILES string of the molecule is O=C(c1n[nH]c(C2CC2)n1)N1CCC[C@H]1CO. The van der Waals surface area contributed by atoms with Gasteiger partial charge in [-0.1, -0.05) is 0 Å². The van der Waals surface area contributed by atoms with Crippen molar-refractivity contribution in [3.8, 4) is 0 Å². The molecule has 0 aromatic carbocycles. The molecule has 1 saturated carbocycles. The summed E-state index contributed by atoms with van der Waals surface area (Å²) in [6.45, 7) is 0.711. The van der Waals surface area contributed by atoms with E-state index < -0.39 is 0 Å². The molecular formula is C11H16N4O2. The smallest absolute Gasteiger partial charge is 0.293 e. The monoisotopic (exact) mass is 236 g/mol. The molecule has 0 spiro atoms. The van der Waals surface area contributed by atoms with E-state index in [-0.39, 0.29) is 24.4 Å². The first-order chi connectivity index (χ1) is 8.29. The molecule has 17 heavy (non-hydrogen) atoms. The van der Waals surface area contributed by atoms with Gasteiger partial charge >= 0.3 is 0 Å². The van der Waals surface area contributed by atoms with Crippen molar-refractivity contribution in [1.82, 2.24) is 20.1 Å². The molecule has 2 heterocycles. The third kappa shape index (κ3) is 1.93. The summed E-state index contributed by atoms with van der Waals surface area (Å²) in [5, 5.41) is 16.0. The van der Waals surface area contributed by atoms with E-state index >= 15 is 0 Å². The topological polar surface area (TPSA) is 82.1 Å². The van der Waals surface area contributed by atoms with Crippen molar-refractivity contribution in [2.75, 3.05) is 13.2 Å². The number of carbonyl (C=O) groups is 1. The zero-order valence-electron chi connectivity index (χ0n) is 9.59. The minimum atomic E-state index is -0.162. The Balaban J connectivity index is 1.75. The molecule has 2 fully saturated rings. The van der Waals surface area contributed by atoms with E-state index in [1.165, 1.54) is 0 Å². The molecule has 3 rings (SSSR count). The predicted molar refractivity (Wildman–Crippen MR) is 59.5 cm³/mol. The van der Waals surface area contributed by atoms with E-state index in [1.54, 1.807) is 4.90 Å². The molecule has 1 aromatic heterocycles. The van der Waals surface area contributed by atoms with E-state index in [1.807, 2.05) is 0 Å². The van der Waals surface area contributed by atoms with Gasteiger partial charge in [-0.25, -0.2) is 4.98 Å². The van der Waals surface area contributed by atoms with Crippen molar-refractivity contribution in [1.29, 1.82) is 0 Å². The summed E-state index contributed by atoms with van der Waals surface area (Å²) in [6.07, 6.45) is 4.07. The maximum Gasteiger partial charge on any atom is 0.293 e. The summed E-state index contributed by atoms with van der Waals surface area (Å²) in [7, 11) is 0. The Morgan fingerprint density at radius 3 is 3.00 bits per heavy atom. The normalized spacial score (nSPS) is 24.3. The minimum absolute atomic E-state index is 0.0195. The van der Waals surface area contributed by atoms with Gasteiger partial charge in [0, 0.05) is 12.5 Å². The number of aliphatic hydroxyl groups excluding tert-OH is 1. The van der Waals surface area contributed by atoms with E-state index in [9.17, 15) is 9.90 Å². The molecule has 6 nitrogen and oxygen atoms in total. The number of hydrogen-bond donors (Lipinski definition) is 2. The quantitative estimate of drug-likeness (QED) is 0.789. The highest BCUT2D eigenvalue weighted by Crippen LogP contribution is 2.37. The highest BCUT2D eigenvalue weighted by molar-refractivity contribution is 5.90. The number of nitrogens with one attached hydrogen (secondary N) is 1. The summed E-state index contributed by atoms with van der Waals surface area (Å²) in [5.74, 6) is 1.38. The van der Waals surface area contributed by atoms with Crippen LogP contribution in [0.2, 0.25) is 0 Å². The van der Waals surface area contributed by atoms with Crippen LogP contribution in [0, 0.1) is 0 Å². The molecule has 0 radical (unpaired) electrons. The Kier molecular flexibility index (Phi) is 2.58. The van der Waals surface area contributed by atoms with Crippen LogP contribution in [0.4, 0.5) is 0 Å². The van der Waals surface area contributed by atoms with Crippen molar-refractivity contribution >= 4 is 5.91 Å². The average Bonchev–Trinajstić information content (AvgIpc) is 2.93. The van der Waals surface area contributed by atoms with Crippen molar-refractivity contribution in [3.63, 3.8) is 0 Å². The number of H-pyrrole nitrogens is 1. The Morgan fingerprint density at radius 1 is 1.47 bits per heavy atom. The maximum atomic E-state index is 12.1. The zero-order valence-corrected chi connectivity index (χ0v) is 9.59. The number of aromatic nitrogens is 3. The molecule has 2 N–H and O–H groups in total. The molecule has 1 aromatic rings. The van der Waals surface area contributed by atoms with E-state index in [0.717, 1.165) is 31.5 Å². The van der Waals surface area contributed by atoms with Crippen LogP contribution in [0.1, 0.15) is 48.0 Å². The van der Waals surface area contributed by atoms with Crippen molar-refractivity contribution < 1.29 is 9.90 Å². The van der Waals surface area contributed by atoms with Gasteiger partial charge in [0.1, 0.15) is 5.82 Å². The van der Waals surface area contributed by atoms with Crippen LogP contribution in [0.15, 0.2) is 0 Å². The molecule has 2 aliphatic rings. The van der Waals surface area contributed by atoms with Gasteiger partial charge < -0.3 is 10.0 Å². The van der Waals surface area contributed by atoms with E-state index in [2.05, 4.69) is 15.2 Å². The number of aliphatic hydroxyl groups is 1. The molecule has 92 valence electrons. The van der Waals surface area contributed by atoms with E-state index in [4.69, 9.17) is 0 Å². The molecule has 0 unspecified atom stereocenters. The Hall–Kier alpha value is -1.43. The van der Waals surface area contributed by atoms with Crippen molar-refractivity contribution in [2.24, 2.45) is 0 Å². The first-order valence-corrected chi connectivity index (χ1v) is 6.13. The summed E-state index contributed by atoms with van der Waals surface area (Å²) < 4.78 is 0. The van der Waals surface area contributed by atoms with Crippen LogP contribution < -0.4 is 0 Å². The Bertz CT molecular complexity index is 427. The third-order valence-corrected chi connectivity index (χ3v) is 3.51. The number of likely N-dealkylation sites (tertiary alicyclic amines) is 1. The summed E-state index contributed by atoms with van der Waals surface area (Å²) >= 11 is 0. The average molecular weight is 236 g/mol. The molecule has 1 saturated heterocycles. The summed E-state index contributed by atoms with van der Waals surface area (Å²) in [5.41, 5.74) is 0. The standard InChI is InChI=1S/C11H16N4O2/c16-6-8-2-1-5-15(8)11(17)10-12-9(13-14-10)7-3-4-7/h7-8,16H,1-6H2,(H,12,13,14)/t8-/m0/s1. The van der Waals surface area contributed by atoms with Crippen LogP contribution >= 0.6 is 0 Å². The van der Waals surface area contributed by atoms with Gasteiger partial charge in [0.15, 0.2) is 0 Å². The molecule has 1 aliphatic heterocycles. The second kappa shape index (κ2) is 4.10. The highest BCUT2D eigenvalue weighted by atomic mass is 16.3. The Morgan fingerprint density at radius 2 is 2.29 bits per heavy atom. The minimum Gasteiger partial charge on any atom is -0.394 e. The lowest BCUT2D eigenvalue weighted by Crippen LogP contribution is -2.38. The number of amides is 1. The summed E-state index contributed by atoms with van der Waals surface area (Å²) in [4.78, 5) is 18.1. The molecule has 1 amide bonds. The lowest BCUT2D eigenvalue weighted by atomic mass is 10.2. The number of aromatic amines is 1. The first-order valence-electron chi connectivity index (χ1n) is 6.13. The molecular weight excluding hydrogens is 220 g/mol. The van der Waals surface area contributed by atoms with Crippen LogP contribution in [0.3, 0.4) is 0 Å². The largest absolute Gasteiger partial charge is 0.394 e. The summed E-state index contributed by atoms with van der Waals surface area (Å²) in [6, 6.07) is -0.0645. The first kappa shape index (κ1) is 10.7. The molecule has 0 bridgehead atoms. The van der Waals surface area contributed by atoms with Gasteiger partial charge in [-0.2, -0.15) is 0 Å². The lowest BCUT2D eigenvalue weighted by molar-refractivity contribution is 0.0666. The molecule has 1 aliphatic carbocycles. The second-order valence-electron chi connectivity index (χ2n) is 4.80. The van der Waals surface area contributed by atoms with Gasteiger partial charge in [-0.15, -0.1) is 5.10 Å².